The van der Waals surface area contributed by atoms with Crippen molar-refractivity contribution in [2.45, 2.75) is 19.6 Å². The van der Waals surface area contributed by atoms with Crippen molar-refractivity contribution >= 4 is 41.3 Å². The normalized spacial score (nSPS) is 16.2. The molecule has 1 saturated heterocycles. The first-order valence-electron chi connectivity index (χ1n) is 9.85. The molecule has 1 unspecified atom stereocenters. The maximum atomic E-state index is 6.12. The van der Waals surface area contributed by atoms with Crippen LogP contribution in [-0.4, -0.2) is 56.7 Å². The number of guanidine groups is 1. The summed E-state index contributed by atoms with van der Waals surface area (Å²) >= 11 is 0. The van der Waals surface area contributed by atoms with Crippen LogP contribution in [0.3, 0.4) is 0 Å². The van der Waals surface area contributed by atoms with Gasteiger partial charge in [-0.3, -0.25) is 9.89 Å². The average molecular weight is 509 g/mol. The Hall–Kier alpha value is -1.84. The monoisotopic (exact) mass is 509 g/mol. The van der Waals surface area contributed by atoms with Crippen LogP contribution in [0.4, 0.5) is 11.4 Å². The Bertz CT molecular complexity index is 763. The van der Waals surface area contributed by atoms with Crippen LogP contribution < -0.4 is 16.0 Å². The van der Waals surface area contributed by atoms with E-state index in [4.69, 9.17) is 10.5 Å². The van der Waals surface area contributed by atoms with E-state index in [-0.39, 0.29) is 24.0 Å². The van der Waals surface area contributed by atoms with Gasteiger partial charge in [0, 0.05) is 56.3 Å². The maximum absolute atomic E-state index is 6.12. The van der Waals surface area contributed by atoms with Gasteiger partial charge in [0.1, 0.15) is 0 Å². The van der Waals surface area contributed by atoms with Gasteiger partial charge in [-0.25, -0.2) is 0 Å². The number of anilines is 2. The van der Waals surface area contributed by atoms with E-state index in [0.717, 1.165) is 37.4 Å². The number of para-hydroxylation sites is 2. The molecule has 0 saturated carbocycles. The molecule has 1 fully saturated rings. The van der Waals surface area contributed by atoms with Gasteiger partial charge in [0.05, 0.1) is 13.2 Å². The topological polar surface area (TPSA) is 66.1 Å². The summed E-state index contributed by atoms with van der Waals surface area (Å²) in [5.41, 5.74) is 9.42. The molecule has 6 nitrogen and oxygen atoms in total. The molecule has 1 atom stereocenters. The van der Waals surface area contributed by atoms with E-state index in [0.29, 0.717) is 25.2 Å². The van der Waals surface area contributed by atoms with Crippen molar-refractivity contribution in [1.82, 2.24) is 4.90 Å². The van der Waals surface area contributed by atoms with Crippen LogP contribution in [0.15, 0.2) is 59.6 Å². The van der Waals surface area contributed by atoms with Crippen LogP contribution in [0.2, 0.25) is 0 Å². The van der Waals surface area contributed by atoms with Crippen LogP contribution in [0.25, 0.3) is 0 Å². The molecule has 0 radical (unpaired) electrons. The number of hydrogen-bond donors (Lipinski definition) is 2. The molecule has 2 aromatic carbocycles. The number of nitrogens with two attached hydrogens (primary N) is 1. The van der Waals surface area contributed by atoms with Gasteiger partial charge in [-0.1, -0.05) is 36.4 Å². The minimum Gasteiger partial charge on any atom is -0.380 e. The van der Waals surface area contributed by atoms with Crippen molar-refractivity contribution in [2.24, 2.45) is 10.7 Å². The Balaban J connectivity index is 0.00000300. The number of halogens is 1. The molecule has 0 amide bonds. The standard InChI is InChI=1S/C22H31N5O.HI/c1-18(26-12-14-27(15-13-26)20-9-4-3-5-10-20)16-24-22(23)25-21-11-7-6-8-19(21)17-28-2;/h3-11,18H,12-17H2,1-2H3,(H3,23,24,25);1H. The third-order valence-electron chi connectivity index (χ3n) is 5.16. The first kappa shape index (κ1) is 23.4. The zero-order valence-electron chi connectivity index (χ0n) is 17.3. The molecule has 1 heterocycles. The molecule has 0 aliphatic carbocycles. The number of piperazine rings is 1. The van der Waals surface area contributed by atoms with Crippen molar-refractivity contribution in [3.63, 3.8) is 0 Å². The summed E-state index contributed by atoms with van der Waals surface area (Å²) in [5.74, 6) is 0.443. The lowest BCUT2D eigenvalue weighted by molar-refractivity contribution is 0.185. The fourth-order valence-corrected chi connectivity index (χ4v) is 3.51. The number of ether oxygens (including phenoxy) is 1. The molecule has 2 aromatic rings. The number of hydrogen-bond acceptors (Lipinski definition) is 4. The summed E-state index contributed by atoms with van der Waals surface area (Å²) in [6.07, 6.45) is 0. The van der Waals surface area contributed by atoms with Gasteiger partial charge in [-0.15, -0.1) is 24.0 Å². The Morgan fingerprint density at radius 2 is 1.72 bits per heavy atom. The summed E-state index contributed by atoms with van der Waals surface area (Å²) in [6.45, 7) is 7.58. The van der Waals surface area contributed by atoms with Gasteiger partial charge in [-0.2, -0.15) is 0 Å². The van der Waals surface area contributed by atoms with Gasteiger partial charge in [0.2, 0.25) is 0 Å². The minimum atomic E-state index is 0. The molecule has 29 heavy (non-hydrogen) atoms. The van der Waals surface area contributed by atoms with Crippen molar-refractivity contribution < 1.29 is 4.74 Å². The highest BCUT2D eigenvalue weighted by Gasteiger charge is 2.21. The third kappa shape index (κ3) is 6.87. The first-order chi connectivity index (χ1) is 13.7. The number of aliphatic imine (C=N–C) groups is 1. The molecule has 1 aliphatic heterocycles. The van der Waals surface area contributed by atoms with Crippen molar-refractivity contribution in [2.75, 3.05) is 50.1 Å². The maximum Gasteiger partial charge on any atom is 0.193 e. The number of nitrogens with one attached hydrogen (secondary N) is 1. The summed E-state index contributed by atoms with van der Waals surface area (Å²) in [7, 11) is 1.69. The first-order valence-corrected chi connectivity index (χ1v) is 9.85. The second kappa shape index (κ2) is 12.0. The van der Waals surface area contributed by atoms with E-state index in [1.807, 2.05) is 24.3 Å². The van der Waals surface area contributed by atoms with Gasteiger partial charge in [-0.05, 0) is 25.1 Å². The fourth-order valence-electron chi connectivity index (χ4n) is 3.51. The average Bonchev–Trinajstić information content (AvgIpc) is 2.74. The molecule has 0 aromatic heterocycles. The summed E-state index contributed by atoms with van der Waals surface area (Å²) in [6, 6.07) is 18.9. The minimum absolute atomic E-state index is 0. The highest BCUT2D eigenvalue weighted by Crippen LogP contribution is 2.17. The molecule has 3 rings (SSSR count). The van der Waals surface area contributed by atoms with E-state index < -0.39 is 0 Å². The molecular weight excluding hydrogens is 477 g/mol. The Morgan fingerprint density at radius 1 is 1.07 bits per heavy atom. The largest absolute Gasteiger partial charge is 0.380 e. The Kier molecular flexibility index (Phi) is 9.69. The van der Waals surface area contributed by atoms with E-state index in [9.17, 15) is 0 Å². The Labute approximate surface area is 191 Å². The molecule has 3 N–H and O–H groups in total. The summed E-state index contributed by atoms with van der Waals surface area (Å²) < 4.78 is 5.24. The molecule has 7 heteroatoms. The van der Waals surface area contributed by atoms with Crippen molar-refractivity contribution in [1.29, 1.82) is 0 Å². The number of rotatable bonds is 7. The highest BCUT2D eigenvalue weighted by atomic mass is 127. The summed E-state index contributed by atoms with van der Waals surface area (Å²) in [5, 5.41) is 3.20. The van der Waals surface area contributed by atoms with Crippen LogP contribution in [0.1, 0.15) is 12.5 Å². The molecule has 1 aliphatic rings. The van der Waals surface area contributed by atoms with E-state index >= 15 is 0 Å². The van der Waals surface area contributed by atoms with Crippen molar-refractivity contribution in [3.8, 4) is 0 Å². The van der Waals surface area contributed by atoms with E-state index in [2.05, 4.69) is 57.4 Å². The van der Waals surface area contributed by atoms with Gasteiger partial charge >= 0.3 is 0 Å². The van der Waals surface area contributed by atoms with Crippen LogP contribution in [0, 0.1) is 0 Å². The molecular formula is C22H32IN5O. The quantitative estimate of drug-likeness (QED) is 0.341. The lowest BCUT2D eigenvalue weighted by Gasteiger charge is -2.38. The van der Waals surface area contributed by atoms with Crippen molar-refractivity contribution in [3.05, 3.63) is 60.2 Å². The van der Waals surface area contributed by atoms with Crippen LogP contribution >= 0.6 is 24.0 Å². The molecule has 158 valence electrons. The van der Waals surface area contributed by atoms with Gasteiger partial charge < -0.3 is 20.7 Å². The second-order valence-electron chi connectivity index (χ2n) is 7.15. The smallest absolute Gasteiger partial charge is 0.193 e. The molecule has 0 bridgehead atoms. The lowest BCUT2D eigenvalue weighted by Crippen LogP contribution is -2.50. The number of methoxy groups -OCH3 is 1. The van der Waals surface area contributed by atoms with Gasteiger partial charge in [0.15, 0.2) is 5.96 Å². The Morgan fingerprint density at radius 3 is 2.41 bits per heavy atom. The zero-order valence-corrected chi connectivity index (χ0v) is 19.6. The van der Waals surface area contributed by atoms with Crippen LogP contribution in [-0.2, 0) is 11.3 Å². The number of nitrogens with zero attached hydrogens (tertiary/aromatic N) is 3. The lowest BCUT2D eigenvalue weighted by atomic mass is 10.2. The van der Waals surface area contributed by atoms with E-state index in [1.165, 1.54) is 5.69 Å². The van der Waals surface area contributed by atoms with Gasteiger partial charge in [0.25, 0.3) is 0 Å². The number of benzene rings is 2. The highest BCUT2D eigenvalue weighted by molar-refractivity contribution is 14.0. The SMILES string of the molecule is COCc1ccccc1NC(N)=NCC(C)N1CCN(c2ccccc2)CC1.I. The summed E-state index contributed by atoms with van der Waals surface area (Å²) in [4.78, 5) is 9.48. The van der Waals surface area contributed by atoms with E-state index in [1.54, 1.807) is 7.11 Å². The second-order valence-corrected chi connectivity index (χ2v) is 7.15. The third-order valence-corrected chi connectivity index (χ3v) is 5.16. The predicted molar refractivity (Wildman–Crippen MR) is 132 cm³/mol. The zero-order chi connectivity index (χ0) is 19.8. The predicted octanol–water partition coefficient (Wildman–Crippen LogP) is 3.39. The fraction of sp³-hybridized carbons (Fsp3) is 0.409. The van der Waals surface area contributed by atoms with Crippen LogP contribution in [0.5, 0.6) is 0 Å². The molecule has 0 spiro atoms.